The molecule has 1 unspecified atom stereocenters. The normalized spacial score (nSPS) is 22.1. The number of aryl methyl sites for hydroxylation is 1. The number of carbonyl (C=O) groups excluding carboxylic acids is 2. The lowest BCUT2D eigenvalue weighted by atomic mass is 9.81. The number of hydrogen-bond donors (Lipinski definition) is 2. The number of amides is 2. The molecule has 0 aromatic heterocycles. The molecule has 1 aromatic carbocycles. The zero-order valence-corrected chi connectivity index (χ0v) is 15.7. The molecular formula is C20H28N2O4. The van der Waals surface area contributed by atoms with Gasteiger partial charge in [0.05, 0.1) is 0 Å². The van der Waals surface area contributed by atoms with Crippen molar-refractivity contribution in [2.75, 3.05) is 6.54 Å². The molecule has 1 saturated heterocycles. The molecule has 2 amide bonds. The molecular weight excluding hydrogens is 332 g/mol. The highest BCUT2D eigenvalue weighted by molar-refractivity contribution is 5.95. The Labute approximate surface area is 154 Å². The molecule has 6 nitrogen and oxygen atoms in total. The molecule has 1 fully saturated rings. The van der Waals surface area contributed by atoms with Gasteiger partial charge in [-0.15, -0.1) is 0 Å². The molecule has 0 aliphatic carbocycles. The summed E-state index contributed by atoms with van der Waals surface area (Å²) < 4.78 is 0. The Kier molecular flexibility index (Phi) is 6.40. The Balaban J connectivity index is 2.20. The first-order chi connectivity index (χ1) is 12.3. The highest BCUT2D eigenvalue weighted by Crippen LogP contribution is 2.34. The maximum absolute atomic E-state index is 13.2. The molecule has 0 bridgehead atoms. The second kappa shape index (κ2) is 8.34. The van der Waals surface area contributed by atoms with Crippen molar-refractivity contribution in [3.63, 3.8) is 0 Å². The van der Waals surface area contributed by atoms with Crippen molar-refractivity contribution < 1.29 is 19.5 Å². The predicted octanol–water partition coefficient (Wildman–Crippen LogP) is 2.23. The maximum atomic E-state index is 13.2. The van der Waals surface area contributed by atoms with Gasteiger partial charge in [0.25, 0.3) is 0 Å². The predicted molar refractivity (Wildman–Crippen MR) is 98.5 cm³/mol. The number of carboxylic acids is 1. The zero-order valence-electron chi connectivity index (χ0n) is 15.7. The summed E-state index contributed by atoms with van der Waals surface area (Å²) in [6.07, 6.45) is 2.09. The van der Waals surface area contributed by atoms with Gasteiger partial charge in [0.2, 0.25) is 11.8 Å². The van der Waals surface area contributed by atoms with Gasteiger partial charge in [-0.3, -0.25) is 9.59 Å². The van der Waals surface area contributed by atoms with Gasteiger partial charge in [0.15, 0.2) is 0 Å². The fraction of sp³-hybridized carbons (Fsp3) is 0.550. The van der Waals surface area contributed by atoms with Crippen LogP contribution in [0.5, 0.6) is 0 Å². The van der Waals surface area contributed by atoms with E-state index in [1.54, 1.807) is 0 Å². The van der Waals surface area contributed by atoms with E-state index in [1.807, 2.05) is 44.2 Å². The van der Waals surface area contributed by atoms with Crippen molar-refractivity contribution in [1.29, 1.82) is 0 Å². The molecule has 0 spiro atoms. The second-order valence-electron chi connectivity index (χ2n) is 7.09. The SMILES string of the molecule is CCC(C)[C@@]1(NC(C)=O)CCN([C@@H](CCc2ccccc2)C(=O)O)C1=O. The summed E-state index contributed by atoms with van der Waals surface area (Å²) in [5, 5.41) is 12.5. The van der Waals surface area contributed by atoms with Crippen molar-refractivity contribution in [3.05, 3.63) is 35.9 Å². The van der Waals surface area contributed by atoms with Gasteiger partial charge in [0.1, 0.15) is 11.6 Å². The third kappa shape index (κ3) is 4.06. The van der Waals surface area contributed by atoms with E-state index < -0.39 is 17.6 Å². The van der Waals surface area contributed by atoms with Crippen LogP contribution in [0.3, 0.4) is 0 Å². The molecule has 0 saturated carbocycles. The number of benzene rings is 1. The van der Waals surface area contributed by atoms with Crippen molar-refractivity contribution in [3.8, 4) is 0 Å². The summed E-state index contributed by atoms with van der Waals surface area (Å²) in [4.78, 5) is 38.1. The molecule has 2 rings (SSSR count). The van der Waals surface area contributed by atoms with Crippen LogP contribution in [0.4, 0.5) is 0 Å². The van der Waals surface area contributed by atoms with E-state index in [1.165, 1.54) is 11.8 Å². The Morgan fingerprint density at radius 1 is 1.31 bits per heavy atom. The van der Waals surface area contributed by atoms with Gasteiger partial charge in [-0.1, -0.05) is 50.6 Å². The highest BCUT2D eigenvalue weighted by atomic mass is 16.4. The maximum Gasteiger partial charge on any atom is 0.326 e. The molecule has 3 atom stereocenters. The molecule has 142 valence electrons. The number of aliphatic carboxylic acids is 1. The van der Waals surface area contributed by atoms with E-state index >= 15 is 0 Å². The molecule has 6 heteroatoms. The Hall–Kier alpha value is -2.37. The fourth-order valence-corrected chi connectivity index (χ4v) is 3.78. The van der Waals surface area contributed by atoms with E-state index in [0.29, 0.717) is 25.8 Å². The van der Waals surface area contributed by atoms with Gasteiger partial charge < -0.3 is 15.3 Å². The van der Waals surface area contributed by atoms with Crippen LogP contribution in [0.25, 0.3) is 0 Å². The van der Waals surface area contributed by atoms with Crippen LogP contribution in [0.15, 0.2) is 30.3 Å². The van der Waals surface area contributed by atoms with Crippen LogP contribution in [0.2, 0.25) is 0 Å². The van der Waals surface area contributed by atoms with Crippen LogP contribution in [0, 0.1) is 5.92 Å². The Bertz CT molecular complexity index is 661. The smallest absolute Gasteiger partial charge is 0.326 e. The minimum Gasteiger partial charge on any atom is -0.480 e. The molecule has 26 heavy (non-hydrogen) atoms. The third-order valence-electron chi connectivity index (χ3n) is 5.45. The first-order valence-corrected chi connectivity index (χ1v) is 9.18. The summed E-state index contributed by atoms with van der Waals surface area (Å²) in [5.41, 5.74) is 0.0431. The van der Waals surface area contributed by atoms with E-state index in [-0.39, 0.29) is 17.7 Å². The Morgan fingerprint density at radius 2 is 1.96 bits per heavy atom. The van der Waals surface area contributed by atoms with Crippen LogP contribution in [-0.2, 0) is 20.8 Å². The summed E-state index contributed by atoms with van der Waals surface area (Å²) >= 11 is 0. The second-order valence-corrected chi connectivity index (χ2v) is 7.09. The highest BCUT2D eigenvalue weighted by Gasteiger charge is 2.52. The van der Waals surface area contributed by atoms with Crippen molar-refractivity contribution in [2.24, 2.45) is 5.92 Å². The summed E-state index contributed by atoms with van der Waals surface area (Å²) in [5.74, 6) is -1.61. The number of carbonyl (C=O) groups is 3. The van der Waals surface area contributed by atoms with Crippen molar-refractivity contribution >= 4 is 17.8 Å². The van der Waals surface area contributed by atoms with Crippen molar-refractivity contribution in [1.82, 2.24) is 10.2 Å². The number of carboxylic acid groups (broad SMARTS) is 1. The standard InChI is InChI=1S/C20H28N2O4/c1-4-14(2)20(21-15(3)23)12-13-22(19(20)26)17(18(24)25)11-10-16-8-6-5-7-9-16/h5-9,14,17H,4,10-13H2,1-3H3,(H,21,23)(H,24,25)/t14?,17-,20-/m0/s1. The lowest BCUT2D eigenvalue weighted by Gasteiger charge is -2.35. The van der Waals surface area contributed by atoms with E-state index in [2.05, 4.69) is 5.32 Å². The molecule has 1 aliphatic heterocycles. The molecule has 1 aromatic rings. The largest absolute Gasteiger partial charge is 0.480 e. The summed E-state index contributed by atoms with van der Waals surface area (Å²) in [6, 6.07) is 8.75. The average molecular weight is 360 g/mol. The number of nitrogens with one attached hydrogen (secondary N) is 1. The molecule has 0 radical (unpaired) electrons. The summed E-state index contributed by atoms with van der Waals surface area (Å²) in [6.45, 7) is 5.63. The monoisotopic (exact) mass is 360 g/mol. The van der Waals surface area contributed by atoms with Crippen LogP contribution >= 0.6 is 0 Å². The van der Waals surface area contributed by atoms with Gasteiger partial charge in [-0.25, -0.2) is 4.79 Å². The minimum atomic E-state index is -1.00. The van der Waals surface area contributed by atoms with Crippen LogP contribution in [-0.4, -0.2) is 45.9 Å². The fourth-order valence-electron chi connectivity index (χ4n) is 3.78. The van der Waals surface area contributed by atoms with E-state index in [9.17, 15) is 19.5 Å². The van der Waals surface area contributed by atoms with Crippen molar-refractivity contribution in [2.45, 2.75) is 58.0 Å². The number of hydrogen-bond acceptors (Lipinski definition) is 3. The first kappa shape index (κ1) is 19.9. The minimum absolute atomic E-state index is 0.0625. The van der Waals surface area contributed by atoms with Gasteiger partial charge in [-0.2, -0.15) is 0 Å². The van der Waals surface area contributed by atoms with E-state index in [4.69, 9.17) is 0 Å². The van der Waals surface area contributed by atoms with E-state index in [0.717, 1.165) is 12.0 Å². The van der Waals surface area contributed by atoms with Crippen LogP contribution < -0.4 is 5.32 Å². The average Bonchev–Trinajstić information content (AvgIpc) is 2.92. The number of nitrogens with zero attached hydrogens (tertiary/aromatic N) is 1. The quantitative estimate of drug-likeness (QED) is 0.744. The van der Waals surface area contributed by atoms with Gasteiger partial charge >= 0.3 is 5.97 Å². The Morgan fingerprint density at radius 3 is 2.50 bits per heavy atom. The van der Waals surface area contributed by atoms with Gasteiger partial charge in [0, 0.05) is 13.5 Å². The number of rotatable bonds is 8. The molecule has 1 aliphatic rings. The topological polar surface area (TPSA) is 86.7 Å². The lowest BCUT2D eigenvalue weighted by molar-refractivity contribution is -0.151. The lowest BCUT2D eigenvalue weighted by Crippen LogP contribution is -2.59. The summed E-state index contributed by atoms with van der Waals surface area (Å²) in [7, 11) is 0. The van der Waals surface area contributed by atoms with Gasteiger partial charge in [-0.05, 0) is 30.7 Å². The molecule has 1 heterocycles. The van der Waals surface area contributed by atoms with Crippen LogP contribution in [0.1, 0.15) is 45.6 Å². The molecule has 2 N–H and O–H groups in total. The third-order valence-corrected chi connectivity index (χ3v) is 5.45. The first-order valence-electron chi connectivity index (χ1n) is 9.18. The number of likely N-dealkylation sites (tertiary alicyclic amines) is 1. The zero-order chi connectivity index (χ0) is 19.3.